The second kappa shape index (κ2) is 16.6. The lowest BCUT2D eigenvalue weighted by atomic mass is 9.83. The minimum absolute atomic E-state index is 0.269. The van der Waals surface area contributed by atoms with Gasteiger partial charge in [0.1, 0.15) is 13.2 Å². The molecule has 1 aliphatic carbocycles. The summed E-state index contributed by atoms with van der Waals surface area (Å²) in [7, 11) is 0. The molecule has 0 amide bonds. The third kappa shape index (κ3) is 11.3. The number of thioether (sulfide) groups is 6. The predicted octanol–water partition coefficient (Wildman–Crippen LogP) is 6.85. The molecule has 6 unspecified atom stereocenters. The third-order valence-electron chi connectivity index (χ3n) is 6.23. The molecule has 6 atom stereocenters. The molecule has 0 radical (unpaired) electrons. The number of carbonyl (C=O) groups is 2. The monoisotopic (exact) mass is 608 g/mol. The van der Waals surface area contributed by atoms with Gasteiger partial charge >= 0.3 is 11.9 Å². The SMILES string of the molecule is C=C(C)C(=O)OCC1CSC(CSCC2CCCC(CSCC3SCC(COC(=O)C(=C)C)S3)C2)S1. The quantitative estimate of drug-likeness (QED) is 0.155. The first-order chi connectivity index (χ1) is 17.3. The highest BCUT2D eigenvalue weighted by atomic mass is 32.2. The molecule has 0 aromatic heterocycles. The van der Waals surface area contributed by atoms with Crippen LogP contribution in [0.3, 0.4) is 0 Å². The summed E-state index contributed by atoms with van der Waals surface area (Å²) >= 11 is 12.2. The van der Waals surface area contributed by atoms with Crippen LogP contribution in [0.1, 0.15) is 39.5 Å². The zero-order valence-electron chi connectivity index (χ0n) is 21.4. The van der Waals surface area contributed by atoms with Crippen LogP contribution in [-0.2, 0) is 19.1 Å². The normalized spacial score (nSPS) is 30.2. The second-order valence-electron chi connectivity index (χ2n) is 9.77. The van der Waals surface area contributed by atoms with Gasteiger partial charge in [-0.05, 0) is 56.5 Å². The summed E-state index contributed by atoms with van der Waals surface area (Å²) in [5.41, 5.74) is 0.955. The highest BCUT2D eigenvalue weighted by Crippen LogP contribution is 2.42. The van der Waals surface area contributed by atoms with Crippen molar-refractivity contribution in [3.05, 3.63) is 24.3 Å². The van der Waals surface area contributed by atoms with Gasteiger partial charge in [0.15, 0.2) is 0 Å². The molecule has 204 valence electrons. The molecule has 0 bridgehead atoms. The number of rotatable bonds is 14. The van der Waals surface area contributed by atoms with Crippen LogP contribution in [0.5, 0.6) is 0 Å². The van der Waals surface area contributed by atoms with E-state index in [-0.39, 0.29) is 11.9 Å². The van der Waals surface area contributed by atoms with Gasteiger partial charge in [0.25, 0.3) is 0 Å². The van der Waals surface area contributed by atoms with E-state index in [1.54, 1.807) is 13.8 Å². The zero-order chi connectivity index (χ0) is 25.9. The Hall–Kier alpha value is 0.520. The largest absolute Gasteiger partial charge is 0.461 e. The van der Waals surface area contributed by atoms with Crippen LogP contribution in [0.2, 0.25) is 0 Å². The van der Waals surface area contributed by atoms with Crippen molar-refractivity contribution in [3.8, 4) is 0 Å². The summed E-state index contributed by atoms with van der Waals surface area (Å²) in [6.07, 6.45) is 5.53. The third-order valence-corrected chi connectivity index (χ3v) is 16.1. The van der Waals surface area contributed by atoms with E-state index < -0.39 is 0 Å². The van der Waals surface area contributed by atoms with Gasteiger partial charge in [-0.15, -0.1) is 47.0 Å². The summed E-state index contributed by atoms with van der Waals surface area (Å²) in [4.78, 5) is 23.2. The van der Waals surface area contributed by atoms with Gasteiger partial charge in [-0.2, -0.15) is 23.5 Å². The Balaban J connectivity index is 1.22. The Morgan fingerprint density at radius 2 is 1.22 bits per heavy atom. The summed E-state index contributed by atoms with van der Waals surface area (Å²) in [5.74, 6) is 8.27. The van der Waals surface area contributed by atoms with E-state index in [4.69, 9.17) is 9.47 Å². The smallest absolute Gasteiger partial charge is 0.333 e. The molecule has 3 aliphatic rings. The lowest BCUT2D eigenvalue weighted by molar-refractivity contribution is -0.139. The highest BCUT2D eigenvalue weighted by Gasteiger charge is 2.29. The topological polar surface area (TPSA) is 52.6 Å². The number of hydrogen-bond donors (Lipinski definition) is 0. The van der Waals surface area contributed by atoms with Crippen LogP contribution in [0, 0.1) is 11.8 Å². The molecular weight excluding hydrogens is 569 g/mol. The molecule has 36 heavy (non-hydrogen) atoms. The first kappa shape index (κ1) is 31.1. The van der Waals surface area contributed by atoms with Gasteiger partial charge in [-0.1, -0.05) is 19.6 Å². The van der Waals surface area contributed by atoms with Crippen molar-refractivity contribution in [2.24, 2.45) is 11.8 Å². The minimum Gasteiger partial charge on any atom is -0.461 e. The van der Waals surface area contributed by atoms with E-state index in [9.17, 15) is 9.59 Å². The minimum atomic E-state index is -0.269. The zero-order valence-corrected chi connectivity index (χ0v) is 26.3. The molecular formula is C26H40O4S6. The van der Waals surface area contributed by atoms with E-state index in [0.717, 1.165) is 23.3 Å². The van der Waals surface area contributed by atoms with E-state index >= 15 is 0 Å². The van der Waals surface area contributed by atoms with Crippen LogP contribution in [-0.4, -0.2) is 79.3 Å². The van der Waals surface area contributed by atoms with Gasteiger partial charge in [-0.25, -0.2) is 9.59 Å². The standard InChI is InChI=1S/C26H40O4S6/c1-17(2)25(27)29-9-21-13-33-23(35-21)15-31-11-19-6-5-7-20(8-19)12-32-16-24-34-14-22(36-24)10-30-26(28)18(3)4/h19-24H,1,3,5-16H2,2,4H3. The molecule has 3 fully saturated rings. The van der Waals surface area contributed by atoms with Gasteiger partial charge in [-0.3, -0.25) is 0 Å². The van der Waals surface area contributed by atoms with Crippen molar-refractivity contribution >= 4 is 82.5 Å². The molecule has 0 N–H and O–H groups in total. The molecule has 0 spiro atoms. The fourth-order valence-corrected chi connectivity index (χ4v) is 14.1. The average molecular weight is 609 g/mol. The Labute approximate surface area is 243 Å². The maximum absolute atomic E-state index is 11.6. The molecule has 2 saturated heterocycles. The molecule has 10 heteroatoms. The fourth-order valence-electron chi connectivity index (χ4n) is 4.32. The molecule has 0 aromatic rings. The predicted molar refractivity (Wildman–Crippen MR) is 167 cm³/mol. The van der Waals surface area contributed by atoms with Crippen LogP contribution < -0.4 is 0 Å². The van der Waals surface area contributed by atoms with Crippen molar-refractivity contribution in [2.45, 2.75) is 59.2 Å². The molecule has 2 heterocycles. The lowest BCUT2D eigenvalue weighted by Gasteiger charge is -2.29. The maximum Gasteiger partial charge on any atom is 0.333 e. The van der Waals surface area contributed by atoms with Crippen LogP contribution in [0.4, 0.5) is 0 Å². The van der Waals surface area contributed by atoms with Crippen molar-refractivity contribution in [2.75, 3.05) is 47.7 Å². The van der Waals surface area contributed by atoms with Crippen molar-refractivity contribution < 1.29 is 19.1 Å². The van der Waals surface area contributed by atoms with Gasteiger partial charge < -0.3 is 9.47 Å². The van der Waals surface area contributed by atoms with Crippen molar-refractivity contribution in [1.82, 2.24) is 0 Å². The first-order valence-corrected chi connectivity index (χ1v) is 18.9. The Bertz CT molecular complexity index is 703. The average Bonchev–Trinajstić information content (AvgIpc) is 3.50. The molecule has 0 aromatic carbocycles. The highest BCUT2D eigenvalue weighted by molar-refractivity contribution is 8.22. The molecule has 2 aliphatic heterocycles. The number of ether oxygens (including phenoxy) is 2. The van der Waals surface area contributed by atoms with Crippen LogP contribution in [0.15, 0.2) is 24.3 Å². The lowest BCUT2D eigenvalue weighted by Crippen LogP contribution is -2.20. The van der Waals surface area contributed by atoms with E-state index in [1.807, 2.05) is 47.0 Å². The van der Waals surface area contributed by atoms with Gasteiger partial charge in [0.2, 0.25) is 0 Å². The number of hydrogen-bond acceptors (Lipinski definition) is 10. The maximum atomic E-state index is 11.6. The van der Waals surface area contributed by atoms with E-state index in [1.165, 1.54) is 48.7 Å². The van der Waals surface area contributed by atoms with E-state index in [2.05, 4.69) is 36.7 Å². The summed E-state index contributed by atoms with van der Waals surface area (Å²) in [5, 5.41) is 0.829. The Kier molecular flexibility index (Phi) is 14.3. The van der Waals surface area contributed by atoms with Crippen LogP contribution >= 0.6 is 70.6 Å². The Morgan fingerprint density at radius 1 is 0.778 bits per heavy atom. The van der Waals surface area contributed by atoms with E-state index in [0.29, 0.717) is 44.0 Å². The molecule has 4 nitrogen and oxygen atoms in total. The van der Waals surface area contributed by atoms with Gasteiger partial charge in [0, 0.05) is 44.7 Å². The van der Waals surface area contributed by atoms with Crippen molar-refractivity contribution in [3.63, 3.8) is 0 Å². The van der Waals surface area contributed by atoms with Gasteiger partial charge in [0.05, 0.1) is 9.16 Å². The van der Waals surface area contributed by atoms with Crippen LogP contribution in [0.25, 0.3) is 0 Å². The number of carbonyl (C=O) groups excluding carboxylic acids is 2. The summed E-state index contributed by atoms with van der Waals surface area (Å²) in [6.45, 7) is 11.7. The second-order valence-corrected chi connectivity index (χ2v) is 18.0. The van der Waals surface area contributed by atoms with Crippen molar-refractivity contribution in [1.29, 1.82) is 0 Å². The fraction of sp³-hybridized carbons (Fsp3) is 0.769. The molecule has 3 rings (SSSR count). The summed E-state index contributed by atoms with van der Waals surface area (Å²) < 4.78 is 11.9. The Morgan fingerprint density at radius 3 is 1.64 bits per heavy atom. The molecule has 1 saturated carbocycles. The first-order valence-electron chi connectivity index (χ1n) is 12.6. The summed E-state index contributed by atoms with van der Waals surface area (Å²) in [6, 6.07) is 0. The number of esters is 2.